The Labute approximate surface area is 139 Å². The van der Waals surface area contributed by atoms with Gasteiger partial charge in [-0.1, -0.05) is 11.6 Å². The van der Waals surface area contributed by atoms with Gasteiger partial charge in [0.1, 0.15) is 11.4 Å². The van der Waals surface area contributed by atoms with Gasteiger partial charge in [0.2, 0.25) is 0 Å². The topological polar surface area (TPSA) is 26.5 Å². The first-order chi connectivity index (χ1) is 10.5. The molecule has 0 bridgehead atoms. The summed E-state index contributed by atoms with van der Waals surface area (Å²) in [6.45, 7) is 3.95. The average Bonchev–Trinajstić information content (AvgIpc) is 2.85. The summed E-state index contributed by atoms with van der Waals surface area (Å²) in [7, 11) is 1.67. The molecule has 0 saturated heterocycles. The fourth-order valence-corrected chi connectivity index (χ4v) is 3.02. The largest absolute Gasteiger partial charge is 0.496 e. The molecule has 3 aromatic rings. The van der Waals surface area contributed by atoms with E-state index >= 15 is 0 Å². The molecule has 22 heavy (non-hydrogen) atoms. The highest BCUT2D eigenvalue weighted by Crippen LogP contribution is 2.34. The number of methoxy groups -OCH3 is 1. The number of rotatable bonds is 3. The van der Waals surface area contributed by atoms with E-state index in [1.165, 1.54) is 0 Å². The number of ether oxygens (including phenoxy) is 1. The van der Waals surface area contributed by atoms with Crippen LogP contribution < -0.4 is 4.74 Å². The van der Waals surface area contributed by atoms with Crippen LogP contribution in [0, 0.1) is 6.92 Å². The van der Waals surface area contributed by atoms with E-state index in [1.807, 2.05) is 48.7 Å². The number of aromatic nitrogens is 2. The van der Waals surface area contributed by atoms with Gasteiger partial charge in [-0.2, -0.15) is 0 Å². The van der Waals surface area contributed by atoms with Crippen molar-refractivity contribution in [2.24, 2.45) is 0 Å². The van der Waals surface area contributed by atoms with Gasteiger partial charge in [0.05, 0.1) is 28.9 Å². The minimum absolute atomic E-state index is 0.189. The minimum atomic E-state index is -0.189. The molecule has 0 aliphatic carbocycles. The molecule has 0 fully saturated rings. The van der Waals surface area contributed by atoms with Crippen LogP contribution in [0.3, 0.4) is 0 Å². The standard InChI is InChI=1S/C17H16Cl2N2O/c1-10-8-12(4-6-14(10)22-3)16-17(11(2)18)21-9-13(19)5-7-15(21)20-16/h4-9,11H,1-3H3. The molecule has 0 saturated carbocycles. The summed E-state index contributed by atoms with van der Waals surface area (Å²) in [5.41, 5.74) is 4.71. The third-order valence-corrected chi connectivity index (χ3v) is 4.09. The van der Waals surface area contributed by atoms with Gasteiger partial charge in [0.15, 0.2) is 0 Å². The molecule has 0 aliphatic rings. The Balaban J connectivity index is 2.26. The molecule has 5 heteroatoms. The van der Waals surface area contributed by atoms with Gasteiger partial charge >= 0.3 is 0 Å². The second kappa shape index (κ2) is 5.82. The number of alkyl halides is 1. The van der Waals surface area contributed by atoms with E-state index in [0.29, 0.717) is 5.02 Å². The van der Waals surface area contributed by atoms with Crippen molar-refractivity contribution < 1.29 is 4.74 Å². The van der Waals surface area contributed by atoms with Crippen LogP contribution in [0.5, 0.6) is 5.75 Å². The van der Waals surface area contributed by atoms with Crippen molar-refractivity contribution in [2.45, 2.75) is 19.2 Å². The normalized spacial score (nSPS) is 12.6. The van der Waals surface area contributed by atoms with Crippen LogP contribution in [0.1, 0.15) is 23.6 Å². The third kappa shape index (κ3) is 2.55. The van der Waals surface area contributed by atoms with Crippen LogP contribution in [0.2, 0.25) is 5.02 Å². The Morgan fingerprint density at radius 1 is 1.23 bits per heavy atom. The lowest BCUT2D eigenvalue weighted by Gasteiger charge is -2.09. The molecule has 0 amide bonds. The summed E-state index contributed by atoms with van der Waals surface area (Å²) in [4.78, 5) is 4.72. The summed E-state index contributed by atoms with van der Waals surface area (Å²) < 4.78 is 7.27. The smallest absolute Gasteiger partial charge is 0.137 e. The first-order valence-corrected chi connectivity index (χ1v) is 7.79. The van der Waals surface area contributed by atoms with Crippen LogP contribution in [0.4, 0.5) is 0 Å². The summed E-state index contributed by atoms with van der Waals surface area (Å²) in [5.74, 6) is 0.857. The predicted molar refractivity (Wildman–Crippen MR) is 91.2 cm³/mol. The van der Waals surface area contributed by atoms with Gasteiger partial charge in [0, 0.05) is 11.8 Å². The fourth-order valence-electron chi connectivity index (χ4n) is 2.66. The molecule has 2 heterocycles. The van der Waals surface area contributed by atoms with Crippen molar-refractivity contribution in [1.82, 2.24) is 9.38 Å². The van der Waals surface area contributed by atoms with Crippen LogP contribution >= 0.6 is 23.2 Å². The lowest BCUT2D eigenvalue weighted by atomic mass is 10.1. The second-order valence-corrected chi connectivity index (χ2v) is 6.31. The van der Waals surface area contributed by atoms with E-state index in [0.717, 1.165) is 33.9 Å². The molecule has 1 unspecified atom stereocenters. The Hall–Kier alpha value is -1.71. The highest BCUT2D eigenvalue weighted by atomic mass is 35.5. The van der Waals surface area contributed by atoms with Gasteiger partial charge in [-0.15, -0.1) is 11.6 Å². The van der Waals surface area contributed by atoms with Crippen molar-refractivity contribution >= 4 is 28.8 Å². The van der Waals surface area contributed by atoms with Crippen molar-refractivity contribution in [3.63, 3.8) is 0 Å². The summed E-state index contributed by atoms with van der Waals surface area (Å²) >= 11 is 12.5. The van der Waals surface area contributed by atoms with Crippen molar-refractivity contribution in [3.8, 4) is 17.0 Å². The van der Waals surface area contributed by atoms with Crippen LogP contribution in [-0.2, 0) is 0 Å². The number of imidazole rings is 1. The van der Waals surface area contributed by atoms with E-state index in [2.05, 4.69) is 6.07 Å². The van der Waals surface area contributed by atoms with Crippen LogP contribution in [0.15, 0.2) is 36.5 Å². The van der Waals surface area contributed by atoms with Crippen LogP contribution in [0.25, 0.3) is 16.9 Å². The van der Waals surface area contributed by atoms with E-state index in [-0.39, 0.29) is 5.38 Å². The summed E-state index contributed by atoms with van der Waals surface area (Å²) in [6, 6.07) is 9.73. The predicted octanol–water partition coefficient (Wildman–Crippen LogP) is 5.27. The molecule has 1 atom stereocenters. The summed E-state index contributed by atoms with van der Waals surface area (Å²) in [6.07, 6.45) is 1.85. The van der Waals surface area contributed by atoms with Crippen molar-refractivity contribution in [1.29, 1.82) is 0 Å². The maximum absolute atomic E-state index is 6.40. The monoisotopic (exact) mass is 334 g/mol. The van der Waals surface area contributed by atoms with Crippen LogP contribution in [-0.4, -0.2) is 16.5 Å². The Kier molecular flexibility index (Phi) is 4.02. The van der Waals surface area contributed by atoms with Crippen molar-refractivity contribution in [3.05, 3.63) is 52.8 Å². The van der Waals surface area contributed by atoms with E-state index in [9.17, 15) is 0 Å². The van der Waals surface area contributed by atoms with Gasteiger partial charge in [0.25, 0.3) is 0 Å². The summed E-state index contributed by atoms with van der Waals surface area (Å²) in [5, 5.41) is 0.465. The zero-order valence-electron chi connectivity index (χ0n) is 12.6. The van der Waals surface area contributed by atoms with Gasteiger partial charge in [-0.3, -0.25) is 0 Å². The molecule has 3 nitrogen and oxygen atoms in total. The lowest BCUT2D eigenvalue weighted by Crippen LogP contribution is -1.96. The lowest BCUT2D eigenvalue weighted by molar-refractivity contribution is 0.412. The highest BCUT2D eigenvalue weighted by molar-refractivity contribution is 6.30. The molecule has 3 rings (SSSR count). The second-order valence-electron chi connectivity index (χ2n) is 5.22. The number of nitrogens with zero attached hydrogens (tertiary/aromatic N) is 2. The average molecular weight is 335 g/mol. The number of pyridine rings is 1. The molecule has 0 radical (unpaired) electrons. The molecular weight excluding hydrogens is 319 g/mol. The fraction of sp³-hybridized carbons (Fsp3) is 0.235. The zero-order valence-corrected chi connectivity index (χ0v) is 14.1. The number of aryl methyl sites for hydroxylation is 1. The number of fused-ring (bicyclic) bond motifs is 1. The van der Waals surface area contributed by atoms with Gasteiger partial charge in [-0.05, 0) is 49.7 Å². The first-order valence-electron chi connectivity index (χ1n) is 6.98. The number of halogens is 2. The minimum Gasteiger partial charge on any atom is -0.496 e. The quantitative estimate of drug-likeness (QED) is 0.610. The number of hydrogen-bond donors (Lipinski definition) is 0. The van der Waals surface area contributed by atoms with E-state index in [4.69, 9.17) is 32.9 Å². The third-order valence-electron chi connectivity index (χ3n) is 3.66. The van der Waals surface area contributed by atoms with Gasteiger partial charge in [-0.25, -0.2) is 4.98 Å². The number of hydrogen-bond acceptors (Lipinski definition) is 2. The first kappa shape index (κ1) is 15.2. The van der Waals surface area contributed by atoms with Gasteiger partial charge < -0.3 is 9.14 Å². The maximum Gasteiger partial charge on any atom is 0.137 e. The van der Waals surface area contributed by atoms with E-state index in [1.54, 1.807) is 7.11 Å². The molecule has 0 N–H and O–H groups in total. The maximum atomic E-state index is 6.40. The molecule has 0 aliphatic heterocycles. The molecule has 1 aromatic carbocycles. The SMILES string of the molecule is COc1ccc(-c2nc3ccc(Cl)cn3c2C(C)Cl)cc1C. The molecule has 114 valence electrons. The van der Waals surface area contributed by atoms with E-state index < -0.39 is 0 Å². The Morgan fingerprint density at radius 2 is 2.00 bits per heavy atom. The molecule has 2 aromatic heterocycles. The number of benzene rings is 1. The molecular formula is C17H16Cl2N2O. The highest BCUT2D eigenvalue weighted by Gasteiger charge is 2.18. The Bertz CT molecular complexity index is 840. The Morgan fingerprint density at radius 3 is 2.64 bits per heavy atom. The zero-order chi connectivity index (χ0) is 15.9. The molecule has 0 spiro atoms. The van der Waals surface area contributed by atoms with Crippen molar-refractivity contribution in [2.75, 3.05) is 7.11 Å².